The summed E-state index contributed by atoms with van der Waals surface area (Å²) < 4.78 is 19.4. The van der Waals surface area contributed by atoms with E-state index in [9.17, 15) is 24.1 Å². The molecule has 1 aliphatic rings. The SMILES string of the molecule is Cc1cc2oc3c(c(=O)c2cc1C)C(c1ccc([N+](=O)[O-])cc1)N(Cc1ccc(F)cc1)C3=O. The van der Waals surface area contributed by atoms with Crippen molar-refractivity contribution < 1.29 is 18.5 Å². The van der Waals surface area contributed by atoms with E-state index in [0.29, 0.717) is 22.1 Å². The summed E-state index contributed by atoms with van der Waals surface area (Å²) in [4.78, 5) is 39.2. The van der Waals surface area contributed by atoms with Crippen molar-refractivity contribution in [3.8, 4) is 0 Å². The number of fused-ring (bicyclic) bond motifs is 2. The summed E-state index contributed by atoms with van der Waals surface area (Å²) in [6.45, 7) is 3.88. The Labute approximate surface area is 193 Å². The fraction of sp³-hybridized carbons (Fsp3) is 0.154. The van der Waals surface area contributed by atoms with Gasteiger partial charge in [0.25, 0.3) is 11.6 Å². The van der Waals surface area contributed by atoms with Gasteiger partial charge < -0.3 is 9.32 Å². The first-order valence-corrected chi connectivity index (χ1v) is 10.6. The predicted molar refractivity (Wildman–Crippen MR) is 123 cm³/mol. The summed E-state index contributed by atoms with van der Waals surface area (Å²) in [6.07, 6.45) is 0. The summed E-state index contributed by atoms with van der Waals surface area (Å²) >= 11 is 0. The Morgan fingerprint density at radius 2 is 1.65 bits per heavy atom. The molecule has 170 valence electrons. The lowest BCUT2D eigenvalue weighted by Gasteiger charge is -2.25. The molecular weight excluding hydrogens is 439 g/mol. The molecular formula is C26H19FN2O5. The van der Waals surface area contributed by atoms with Crippen LogP contribution < -0.4 is 5.43 Å². The number of carbonyl (C=O) groups excluding carboxylic acids is 1. The van der Waals surface area contributed by atoms with Gasteiger partial charge in [0, 0.05) is 18.7 Å². The standard InChI is InChI=1S/C26H19FN2O5/c1-14-11-20-21(12-15(14)2)34-25-22(24(20)30)23(17-5-9-19(10-6-17)29(32)33)28(26(25)31)13-16-3-7-18(27)8-4-16/h3-12,23H,13H2,1-2H3. The topological polar surface area (TPSA) is 93.7 Å². The van der Waals surface area contributed by atoms with Crippen LogP contribution in [0.4, 0.5) is 10.1 Å². The number of nitro groups is 1. The van der Waals surface area contributed by atoms with Gasteiger partial charge in [-0.1, -0.05) is 12.1 Å². The molecule has 0 aliphatic carbocycles. The van der Waals surface area contributed by atoms with Crippen LogP contribution in [0.25, 0.3) is 11.0 Å². The molecule has 0 N–H and O–H groups in total. The Hall–Kier alpha value is -4.33. The molecule has 1 unspecified atom stereocenters. The van der Waals surface area contributed by atoms with E-state index in [1.165, 1.54) is 41.3 Å². The Morgan fingerprint density at radius 3 is 2.29 bits per heavy atom. The predicted octanol–water partition coefficient (Wildman–Crippen LogP) is 5.20. The zero-order valence-corrected chi connectivity index (χ0v) is 18.4. The quantitative estimate of drug-likeness (QED) is 0.309. The molecule has 0 bridgehead atoms. The van der Waals surface area contributed by atoms with Gasteiger partial charge in [-0.3, -0.25) is 19.7 Å². The van der Waals surface area contributed by atoms with E-state index >= 15 is 0 Å². The number of amides is 1. The van der Waals surface area contributed by atoms with Crippen molar-refractivity contribution in [1.29, 1.82) is 0 Å². The van der Waals surface area contributed by atoms with Crippen molar-refractivity contribution in [2.45, 2.75) is 26.4 Å². The highest BCUT2D eigenvalue weighted by atomic mass is 19.1. The number of halogens is 1. The number of nitro benzene ring substituents is 1. The minimum Gasteiger partial charge on any atom is -0.450 e. The van der Waals surface area contributed by atoms with Crippen LogP contribution in [-0.4, -0.2) is 15.7 Å². The van der Waals surface area contributed by atoms with Gasteiger partial charge in [-0.2, -0.15) is 0 Å². The molecule has 0 saturated carbocycles. The van der Waals surface area contributed by atoms with Gasteiger partial charge in [0.05, 0.1) is 21.9 Å². The van der Waals surface area contributed by atoms with E-state index < -0.39 is 22.7 Å². The average molecular weight is 458 g/mol. The van der Waals surface area contributed by atoms with Crippen LogP contribution in [0.1, 0.15) is 44.4 Å². The van der Waals surface area contributed by atoms with Gasteiger partial charge >= 0.3 is 0 Å². The molecule has 1 atom stereocenters. The third-order valence-electron chi connectivity index (χ3n) is 6.27. The number of aryl methyl sites for hydroxylation is 2. The van der Waals surface area contributed by atoms with Gasteiger partial charge in [0.1, 0.15) is 11.4 Å². The molecule has 8 heteroatoms. The molecule has 34 heavy (non-hydrogen) atoms. The fourth-order valence-electron chi connectivity index (χ4n) is 4.35. The molecule has 2 heterocycles. The minimum atomic E-state index is -0.810. The molecule has 7 nitrogen and oxygen atoms in total. The van der Waals surface area contributed by atoms with Crippen molar-refractivity contribution in [1.82, 2.24) is 4.90 Å². The number of hydrogen-bond acceptors (Lipinski definition) is 5. The molecule has 0 spiro atoms. The molecule has 1 aromatic heterocycles. The Balaban J connectivity index is 1.71. The molecule has 3 aromatic carbocycles. The monoisotopic (exact) mass is 458 g/mol. The Morgan fingerprint density at radius 1 is 1.00 bits per heavy atom. The molecule has 0 saturated heterocycles. The minimum absolute atomic E-state index is 0.0498. The van der Waals surface area contributed by atoms with E-state index in [1.807, 2.05) is 13.8 Å². The Kier molecular flexibility index (Phi) is 5.01. The van der Waals surface area contributed by atoms with E-state index in [0.717, 1.165) is 11.1 Å². The number of nitrogens with zero attached hydrogens (tertiary/aromatic N) is 2. The normalized spacial score (nSPS) is 15.1. The lowest BCUT2D eigenvalue weighted by molar-refractivity contribution is -0.384. The first kappa shape index (κ1) is 21.5. The van der Waals surface area contributed by atoms with E-state index in [4.69, 9.17) is 4.42 Å². The molecule has 1 aliphatic heterocycles. The highest BCUT2D eigenvalue weighted by molar-refractivity contribution is 5.99. The van der Waals surface area contributed by atoms with Crippen LogP contribution in [0.5, 0.6) is 0 Å². The summed E-state index contributed by atoms with van der Waals surface area (Å²) in [5.74, 6) is -0.924. The van der Waals surface area contributed by atoms with Crippen molar-refractivity contribution in [2.75, 3.05) is 0 Å². The van der Waals surface area contributed by atoms with Gasteiger partial charge in [0.15, 0.2) is 5.43 Å². The molecule has 1 amide bonds. The number of hydrogen-bond donors (Lipinski definition) is 0. The highest BCUT2D eigenvalue weighted by Crippen LogP contribution is 2.39. The largest absolute Gasteiger partial charge is 0.450 e. The number of carbonyl (C=O) groups is 1. The number of rotatable bonds is 4. The summed E-state index contributed by atoms with van der Waals surface area (Å²) in [5, 5.41) is 11.5. The van der Waals surface area contributed by atoms with Gasteiger partial charge in [0.2, 0.25) is 5.76 Å². The molecule has 5 rings (SSSR count). The fourth-order valence-corrected chi connectivity index (χ4v) is 4.35. The number of non-ortho nitro benzene ring substituents is 1. The third kappa shape index (κ3) is 3.44. The van der Waals surface area contributed by atoms with E-state index in [-0.39, 0.29) is 29.0 Å². The maximum atomic E-state index is 13.6. The second-order valence-corrected chi connectivity index (χ2v) is 8.42. The summed E-state index contributed by atoms with van der Waals surface area (Å²) in [6, 6.07) is 14.2. The molecule has 4 aromatic rings. The maximum Gasteiger partial charge on any atom is 0.291 e. The van der Waals surface area contributed by atoms with Crippen LogP contribution in [0.2, 0.25) is 0 Å². The highest BCUT2D eigenvalue weighted by Gasteiger charge is 2.42. The molecule has 0 radical (unpaired) electrons. The zero-order chi connectivity index (χ0) is 24.1. The van der Waals surface area contributed by atoms with Crippen molar-refractivity contribution in [3.63, 3.8) is 0 Å². The second-order valence-electron chi connectivity index (χ2n) is 8.42. The second kappa shape index (κ2) is 7.91. The van der Waals surface area contributed by atoms with Gasteiger partial charge in [-0.25, -0.2) is 4.39 Å². The van der Waals surface area contributed by atoms with Crippen LogP contribution >= 0.6 is 0 Å². The van der Waals surface area contributed by atoms with Crippen LogP contribution in [0, 0.1) is 29.8 Å². The lowest BCUT2D eigenvalue weighted by Crippen LogP contribution is -2.29. The third-order valence-corrected chi connectivity index (χ3v) is 6.27. The molecule has 0 fully saturated rings. The van der Waals surface area contributed by atoms with E-state index in [2.05, 4.69) is 0 Å². The first-order valence-electron chi connectivity index (χ1n) is 10.6. The first-order chi connectivity index (χ1) is 16.2. The van der Waals surface area contributed by atoms with Gasteiger partial charge in [-0.15, -0.1) is 0 Å². The van der Waals surface area contributed by atoms with E-state index in [1.54, 1.807) is 24.3 Å². The smallest absolute Gasteiger partial charge is 0.291 e. The average Bonchev–Trinajstić information content (AvgIpc) is 3.08. The summed E-state index contributed by atoms with van der Waals surface area (Å²) in [7, 11) is 0. The lowest BCUT2D eigenvalue weighted by atomic mass is 9.97. The zero-order valence-electron chi connectivity index (χ0n) is 18.4. The maximum absolute atomic E-state index is 13.6. The van der Waals surface area contributed by atoms with Crippen LogP contribution in [-0.2, 0) is 6.54 Å². The van der Waals surface area contributed by atoms with Crippen molar-refractivity contribution >= 4 is 22.6 Å². The van der Waals surface area contributed by atoms with Crippen molar-refractivity contribution in [3.05, 3.63) is 120 Å². The number of benzene rings is 3. The summed E-state index contributed by atoms with van der Waals surface area (Å²) in [5.41, 5.74) is 3.14. The van der Waals surface area contributed by atoms with Crippen molar-refractivity contribution in [2.24, 2.45) is 0 Å². The van der Waals surface area contributed by atoms with Crippen LogP contribution in [0.15, 0.2) is 69.9 Å². The van der Waals surface area contributed by atoms with Gasteiger partial charge in [-0.05, 0) is 72.5 Å². The Bertz CT molecular complexity index is 1520. The van der Waals surface area contributed by atoms with Crippen LogP contribution in [0.3, 0.4) is 0 Å².